The Morgan fingerprint density at radius 1 is 1.43 bits per heavy atom. The van der Waals surface area contributed by atoms with Crippen molar-refractivity contribution in [1.29, 1.82) is 0 Å². The standard InChI is InChI=1S/C11H13IO2/c1-3-8-7-9(12)5-6-10(8)11(13)14-4-2/h5-7H,3-4H2,1-2H3. The van der Waals surface area contributed by atoms with Crippen molar-refractivity contribution >= 4 is 28.6 Å². The van der Waals surface area contributed by atoms with Crippen molar-refractivity contribution in [3.05, 3.63) is 32.9 Å². The molecule has 0 aromatic heterocycles. The average molecular weight is 304 g/mol. The molecular formula is C11H13IO2. The van der Waals surface area contributed by atoms with E-state index in [9.17, 15) is 4.79 Å². The van der Waals surface area contributed by atoms with Gasteiger partial charge in [0.1, 0.15) is 0 Å². The van der Waals surface area contributed by atoms with Crippen molar-refractivity contribution < 1.29 is 9.53 Å². The Hall–Kier alpha value is -0.580. The first-order valence-corrected chi connectivity index (χ1v) is 5.72. The van der Waals surface area contributed by atoms with Gasteiger partial charge in [0.15, 0.2) is 0 Å². The van der Waals surface area contributed by atoms with Gasteiger partial charge in [-0.05, 0) is 59.7 Å². The second-order valence-electron chi connectivity index (χ2n) is 2.88. The first-order valence-electron chi connectivity index (χ1n) is 4.64. The van der Waals surface area contributed by atoms with Gasteiger partial charge in [-0.25, -0.2) is 4.79 Å². The van der Waals surface area contributed by atoms with Crippen molar-refractivity contribution in [2.75, 3.05) is 6.61 Å². The summed E-state index contributed by atoms with van der Waals surface area (Å²) < 4.78 is 6.11. The van der Waals surface area contributed by atoms with Gasteiger partial charge in [0, 0.05) is 3.57 Å². The highest BCUT2D eigenvalue weighted by Crippen LogP contribution is 2.15. The minimum atomic E-state index is -0.222. The molecule has 2 nitrogen and oxygen atoms in total. The molecule has 0 amide bonds. The average Bonchev–Trinajstić information content (AvgIpc) is 2.17. The lowest BCUT2D eigenvalue weighted by Crippen LogP contribution is -2.07. The first-order chi connectivity index (χ1) is 6.69. The van der Waals surface area contributed by atoms with Crippen LogP contribution < -0.4 is 0 Å². The quantitative estimate of drug-likeness (QED) is 0.634. The van der Waals surface area contributed by atoms with Crippen LogP contribution in [0.3, 0.4) is 0 Å². The fourth-order valence-electron chi connectivity index (χ4n) is 1.26. The van der Waals surface area contributed by atoms with Crippen molar-refractivity contribution in [1.82, 2.24) is 0 Å². The number of hydrogen-bond acceptors (Lipinski definition) is 2. The number of carbonyl (C=O) groups excluding carboxylic acids is 1. The number of halogens is 1. The molecule has 0 atom stereocenters. The fraction of sp³-hybridized carbons (Fsp3) is 0.364. The molecule has 0 aliphatic carbocycles. The third kappa shape index (κ3) is 2.70. The zero-order valence-corrected chi connectivity index (χ0v) is 10.5. The lowest BCUT2D eigenvalue weighted by molar-refractivity contribution is 0.0525. The lowest BCUT2D eigenvalue weighted by atomic mass is 10.1. The summed E-state index contributed by atoms with van der Waals surface area (Å²) in [5.41, 5.74) is 1.74. The predicted octanol–water partition coefficient (Wildman–Crippen LogP) is 3.03. The maximum atomic E-state index is 11.5. The van der Waals surface area contributed by atoms with E-state index in [1.807, 2.05) is 32.0 Å². The van der Waals surface area contributed by atoms with E-state index in [0.29, 0.717) is 12.2 Å². The highest BCUT2D eigenvalue weighted by atomic mass is 127. The van der Waals surface area contributed by atoms with Crippen LogP contribution in [0.2, 0.25) is 0 Å². The molecule has 1 rings (SSSR count). The molecule has 76 valence electrons. The molecule has 0 aliphatic heterocycles. The second kappa shape index (κ2) is 5.34. The van der Waals surface area contributed by atoms with E-state index in [0.717, 1.165) is 15.6 Å². The highest BCUT2D eigenvalue weighted by molar-refractivity contribution is 14.1. The molecule has 0 bridgehead atoms. The monoisotopic (exact) mass is 304 g/mol. The number of rotatable bonds is 3. The SMILES string of the molecule is CCOC(=O)c1ccc(I)cc1CC. The third-order valence-electron chi connectivity index (χ3n) is 1.94. The van der Waals surface area contributed by atoms with Crippen LogP contribution >= 0.6 is 22.6 Å². The summed E-state index contributed by atoms with van der Waals surface area (Å²) in [7, 11) is 0. The summed E-state index contributed by atoms with van der Waals surface area (Å²) in [4.78, 5) is 11.5. The number of ether oxygens (including phenoxy) is 1. The van der Waals surface area contributed by atoms with Crippen molar-refractivity contribution in [3.63, 3.8) is 0 Å². The van der Waals surface area contributed by atoms with Crippen molar-refractivity contribution in [3.8, 4) is 0 Å². The van der Waals surface area contributed by atoms with Crippen LogP contribution in [0.25, 0.3) is 0 Å². The molecule has 0 saturated carbocycles. The normalized spacial score (nSPS) is 9.93. The number of carbonyl (C=O) groups is 1. The molecule has 3 heteroatoms. The minimum Gasteiger partial charge on any atom is -0.462 e. The summed E-state index contributed by atoms with van der Waals surface area (Å²) >= 11 is 2.24. The molecule has 0 N–H and O–H groups in total. The maximum Gasteiger partial charge on any atom is 0.338 e. The van der Waals surface area contributed by atoms with E-state index in [-0.39, 0.29) is 5.97 Å². The number of hydrogen-bond donors (Lipinski definition) is 0. The van der Waals surface area contributed by atoms with E-state index < -0.39 is 0 Å². The van der Waals surface area contributed by atoms with E-state index in [1.54, 1.807) is 0 Å². The van der Waals surface area contributed by atoms with Gasteiger partial charge < -0.3 is 4.74 Å². The van der Waals surface area contributed by atoms with E-state index in [4.69, 9.17) is 4.74 Å². The van der Waals surface area contributed by atoms with Crippen LogP contribution in [0.15, 0.2) is 18.2 Å². The summed E-state index contributed by atoms with van der Waals surface area (Å²) in [5.74, 6) is -0.222. The number of aryl methyl sites for hydroxylation is 1. The third-order valence-corrected chi connectivity index (χ3v) is 2.61. The number of benzene rings is 1. The van der Waals surface area contributed by atoms with Crippen LogP contribution in [0.5, 0.6) is 0 Å². The molecule has 0 saturated heterocycles. The summed E-state index contributed by atoms with van der Waals surface area (Å²) in [6, 6.07) is 5.78. The van der Waals surface area contributed by atoms with Gasteiger partial charge >= 0.3 is 5.97 Å². The molecule has 0 unspecified atom stereocenters. The van der Waals surface area contributed by atoms with Gasteiger partial charge in [-0.2, -0.15) is 0 Å². The highest BCUT2D eigenvalue weighted by Gasteiger charge is 2.10. The molecule has 1 aromatic carbocycles. The van der Waals surface area contributed by atoms with Gasteiger partial charge in [0.2, 0.25) is 0 Å². The van der Waals surface area contributed by atoms with Gasteiger partial charge in [-0.3, -0.25) is 0 Å². The smallest absolute Gasteiger partial charge is 0.338 e. The fourth-order valence-corrected chi connectivity index (χ4v) is 1.82. The zero-order valence-electron chi connectivity index (χ0n) is 8.34. The predicted molar refractivity (Wildman–Crippen MR) is 64.5 cm³/mol. The molecule has 0 spiro atoms. The Morgan fingerprint density at radius 2 is 2.14 bits per heavy atom. The van der Waals surface area contributed by atoms with Crippen molar-refractivity contribution in [2.24, 2.45) is 0 Å². The lowest BCUT2D eigenvalue weighted by Gasteiger charge is -2.07. The van der Waals surface area contributed by atoms with Crippen LogP contribution in [0, 0.1) is 3.57 Å². The van der Waals surface area contributed by atoms with Gasteiger partial charge in [-0.15, -0.1) is 0 Å². The molecule has 0 aliphatic rings. The first kappa shape index (κ1) is 11.5. The van der Waals surface area contributed by atoms with Crippen LogP contribution in [-0.2, 0) is 11.2 Å². The molecule has 0 radical (unpaired) electrons. The molecule has 14 heavy (non-hydrogen) atoms. The minimum absolute atomic E-state index is 0.222. The second-order valence-corrected chi connectivity index (χ2v) is 4.12. The van der Waals surface area contributed by atoms with Gasteiger partial charge in [0.25, 0.3) is 0 Å². The topological polar surface area (TPSA) is 26.3 Å². The van der Waals surface area contributed by atoms with E-state index in [1.165, 1.54) is 0 Å². The van der Waals surface area contributed by atoms with Crippen LogP contribution in [0.4, 0.5) is 0 Å². The van der Waals surface area contributed by atoms with Crippen molar-refractivity contribution in [2.45, 2.75) is 20.3 Å². The van der Waals surface area contributed by atoms with Gasteiger partial charge in [0.05, 0.1) is 12.2 Å². The summed E-state index contributed by atoms with van der Waals surface area (Å²) in [5, 5.41) is 0. The Labute approximate surface area is 97.8 Å². The summed E-state index contributed by atoms with van der Waals surface area (Å²) in [6.07, 6.45) is 0.852. The van der Waals surface area contributed by atoms with E-state index in [2.05, 4.69) is 22.6 Å². The van der Waals surface area contributed by atoms with E-state index >= 15 is 0 Å². The summed E-state index contributed by atoms with van der Waals surface area (Å²) in [6.45, 7) is 4.28. The molecule has 0 heterocycles. The maximum absolute atomic E-state index is 11.5. The Morgan fingerprint density at radius 3 is 2.71 bits per heavy atom. The molecule has 1 aromatic rings. The zero-order chi connectivity index (χ0) is 10.6. The Kier molecular flexibility index (Phi) is 4.38. The Bertz CT molecular complexity index is 334. The Balaban J connectivity index is 3.01. The number of esters is 1. The largest absolute Gasteiger partial charge is 0.462 e. The van der Waals surface area contributed by atoms with Crippen LogP contribution in [-0.4, -0.2) is 12.6 Å². The molecular weight excluding hydrogens is 291 g/mol. The van der Waals surface area contributed by atoms with Crippen LogP contribution in [0.1, 0.15) is 29.8 Å². The molecule has 0 fully saturated rings. The van der Waals surface area contributed by atoms with Gasteiger partial charge in [-0.1, -0.05) is 6.92 Å².